The van der Waals surface area contributed by atoms with Gasteiger partial charge in [-0.05, 0) is 43.3 Å². The average Bonchev–Trinajstić information content (AvgIpc) is 2.92. The van der Waals surface area contributed by atoms with Crippen LogP contribution >= 0.6 is 34.5 Å². The van der Waals surface area contributed by atoms with Crippen molar-refractivity contribution < 1.29 is 0 Å². The molecular formula is C16H18ClN5S2. The maximum atomic E-state index is 9.26. The first-order chi connectivity index (χ1) is 11.6. The number of thiazole rings is 1. The predicted molar refractivity (Wildman–Crippen MR) is 97.7 cm³/mol. The predicted octanol–water partition coefficient (Wildman–Crippen LogP) is 3.62. The summed E-state index contributed by atoms with van der Waals surface area (Å²) in [5.74, 6) is 0. The third-order valence-electron chi connectivity index (χ3n) is 5.34. The van der Waals surface area contributed by atoms with Crippen molar-refractivity contribution >= 4 is 39.5 Å². The fourth-order valence-corrected chi connectivity index (χ4v) is 5.63. The standard InChI is InChI=1S/C16H18ClN5S2/c1-21(10-13-19-4-7-23-13)12-8-16(12)2-5-22(6-3-16)15-11(9-18)14(17)20-24-15/h4,7,12H,2-3,5-6,8,10H2,1H3. The van der Waals surface area contributed by atoms with Crippen LogP contribution in [0.25, 0.3) is 0 Å². The summed E-state index contributed by atoms with van der Waals surface area (Å²) in [5.41, 5.74) is 0.981. The van der Waals surface area contributed by atoms with Crippen molar-refractivity contribution in [1.29, 1.82) is 5.26 Å². The normalized spacial score (nSPS) is 22.1. The van der Waals surface area contributed by atoms with Crippen LogP contribution in [0.1, 0.15) is 29.8 Å². The van der Waals surface area contributed by atoms with E-state index in [2.05, 4.69) is 32.3 Å². The lowest BCUT2D eigenvalue weighted by atomic mass is 9.92. The van der Waals surface area contributed by atoms with Crippen molar-refractivity contribution in [3.63, 3.8) is 0 Å². The Bertz CT molecular complexity index is 758. The maximum absolute atomic E-state index is 9.26. The fraction of sp³-hybridized carbons (Fsp3) is 0.562. The molecule has 4 rings (SSSR count). The third kappa shape index (κ3) is 2.82. The molecule has 0 radical (unpaired) electrons. The van der Waals surface area contributed by atoms with Crippen LogP contribution < -0.4 is 4.90 Å². The van der Waals surface area contributed by atoms with Crippen LogP contribution in [0, 0.1) is 16.7 Å². The summed E-state index contributed by atoms with van der Waals surface area (Å²) >= 11 is 9.07. The molecule has 126 valence electrons. The molecule has 3 heterocycles. The summed E-state index contributed by atoms with van der Waals surface area (Å²) in [7, 11) is 2.21. The fourth-order valence-electron chi connectivity index (χ4n) is 3.87. The van der Waals surface area contributed by atoms with Crippen molar-refractivity contribution in [3.05, 3.63) is 27.3 Å². The van der Waals surface area contributed by atoms with Gasteiger partial charge in [0.1, 0.15) is 21.6 Å². The molecular weight excluding hydrogens is 362 g/mol. The highest BCUT2D eigenvalue weighted by molar-refractivity contribution is 7.11. The van der Waals surface area contributed by atoms with E-state index in [0.29, 0.717) is 22.2 Å². The van der Waals surface area contributed by atoms with E-state index in [-0.39, 0.29) is 0 Å². The number of piperidine rings is 1. The Hall–Kier alpha value is -1.20. The number of hydrogen-bond donors (Lipinski definition) is 0. The molecule has 1 atom stereocenters. The van der Waals surface area contributed by atoms with Gasteiger partial charge in [-0.2, -0.15) is 9.64 Å². The van der Waals surface area contributed by atoms with Crippen molar-refractivity contribution in [1.82, 2.24) is 14.3 Å². The SMILES string of the molecule is CN(Cc1nccs1)C1CC12CCN(c1snc(Cl)c1C#N)CC2. The molecule has 2 aromatic rings. The molecule has 1 aliphatic heterocycles. The number of nitrogens with zero attached hydrogens (tertiary/aromatic N) is 5. The minimum absolute atomic E-state index is 0.338. The van der Waals surface area contributed by atoms with Crippen LogP contribution in [0.5, 0.6) is 0 Å². The van der Waals surface area contributed by atoms with Crippen LogP contribution in [0.2, 0.25) is 5.15 Å². The van der Waals surface area contributed by atoms with E-state index in [1.165, 1.54) is 35.8 Å². The maximum Gasteiger partial charge on any atom is 0.162 e. The Morgan fingerprint density at radius 3 is 2.96 bits per heavy atom. The van der Waals surface area contributed by atoms with E-state index in [4.69, 9.17) is 11.6 Å². The highest BCUT2D eigenvalue weighted by Crippen LogP contribution is 2.57. The van der Waals surface area contributed by atoms with Crippen molar-refractivity contribution in [2.45, 2.75) is 31.8 Å². The Morgan fingerprint density at radius 1 is 1.50 bits per heavy atom. The Kier molecular flexibility index (Phi) is 4.25. The molecule has 2 fully saturated rings. The molecule has 8 heteroatoms. The number of nitriles is 1. The van der Waals surface area contributed by atoms with Crippen LogP contribution in [-0.4, -0.2) is 40.4 Å². The summed E-state index contributed by atoms with van der Waals surface area (Å²) in [6, 6.07) is 2.85. The van der Waals surface area contributed by atoms with Gasteiger partial charge in [-0.15, -0.1) is 11.3 Å². The zero-order valence-electron chi connectivity index (χ0n) is 13.4. The van der Waals surface area contributed by atoms with E-state index >= 15 is 0 Å². The summed E-state index contributed by atoms with van der Waals surface area (Å²) in [6.45, 7) is 2.90. The third-order valence-corrected chi connectivity index (χ3v) is 7.38. The van der Waals surface area contributed by atoms with Gasteiger partial charge >= 0.3 is 0 Å². The van der Waals surface area contributed by atoms with Gasteiger partial charge in [0, 0.05) is 30.7 Å². The van der Waals surface area contributed by atoms with Crippen molar-refractivity contribution in [3.8, 4) is 6.07 Å². The molecule has 1 saturated carbocycles. The molecule has 5 nitrogen and oxygen atoms in total. The first-order valence-electron chi connectivity index (χ1n) is 8.02. The summed E-state index contributed by atoms with van der Waals surface area (Å²) in [5, 5.41) is 13.8. The second kappa shape index (κ2) is 6.26. The van der Waals surface area contributed by atoms with Crippen LogP contribution in [0.15, 0.2) is 11.6 Å². The van der Waals surface area contributed by atoms with Gasteiger partial charge in [0.2, 0.25) is 0 Å². The number of halogens is 1. The number of aromatic nitrogens is 2. The lowest BCUT2D eigenvalue weighted by Gasteiger charge is -2.34. The molecule has 24 heavy (non-hydrogen) atoms. The molecule has 0 aromatic carbocycles. The lowest BCUT2D eigenvalue weighted by Crippen LogP contribution is -2.37. The van der Waals surface area contributed by atoms with Gasteiger partial charge in [-0.3, -0.25) is 4.90 Å². The van der Waals surface area contributed by atoms with Gasteiger partial charge in [0.25, 0.3) is 0 Å². The van der Waals surface area contributed by atoms with Crippen LogP contribution in [0.3, 0.4) is 0 Å². The molecule has 2 aliphatic rings. The van der Waals surface area contributed by atoms with Gasteiger partial charge in [0.15, 0.2) is 5.15 Å². The van der Waals surface area contributed by atoms with Crippen molar-refractivity contribution in [2.24, 2.45) is 5.41 Å². The largest absolute Gasteiger partial charge is 0.361 e. The zero-order valence-corrected chi connectivity index (χ0v) is 15.8. The molecule has 2 aromatic heterocycles. The van der Waals surface area contributed by atoms with E-state index in [1.807, 2.05) is 11.6 Å². The van der Waals surface area contributed by atoms with E-state index in [9.17, 15) is 5.26 Å². The highest BCUT2D eigenvalue weighted by atomic mass is 35.5. The van der Waals surface area contributed by atoms with Gasteiger partial charge in [-0.25, -0.2) is 4.98 Å². The number of hydrogen-bond acceptors (Lipinski definition) is 7. The summed E-state index contributed by atoms with van der Waals surface area (Å²) < 4.78 is 4.13. The summed E-state index contributed by atoms with van der Waals surface area (Å²) in [6.07, 6.45) is 5.49. The molecule has 1 unspecified atom stereocenters. The van der Waals surface area contributed by atoms with Crippen LogP contribution in [-0.2, 0) is 6.54 Å². The summed E-state index contributed by atoms with van der Waals surface area (Å²) in [4.78, 5) is 9.13. The average molecular weight is 380 g/mol. The second-order valence-corrected chi connectivity index (χ2v) is 8.76. The molecule has 1 aliphatic carbocycles. The monoisotopic (exact) mass is 379 g/mol. The smallest absolute Gasteiger partial charge is 0.162 e. The molecule has 1 saturated heterocycles. The minimum atomic E-state index is 0.338. The first-order valence-corrected chi connectivity index (χ1v) is 10.0. The highest BCUT2D eigenvalue weighted by Gasteiger charge is 2.56. The molecule has 0 amide bonds. The van der Waals surface area contributed by atoms with Gasteiger partial charge in [0.05, 0.1) is 6.54 Å². The van der Waals surface area contributed by atoms with Crippen molar-refractivity contribution in [2.75, 3.05) is 25.0 Å². The number of anilines is 1. The molecule has 1 spiro atoms. The Morgan fingerprint density at radius 2 is 2.29 bits per heavy atom. The Balaban J connectivity index is 1.38. The Labute approximate surface area is 154 Å². The minimum Gasteiger partial charge on any atom is -0.361 e. The van der Waals surface area contributed by atoms with E-state index in [0.717, 1.165) is 24.6 Å². The second-order valence-electron chi connectivity index (χ2n) is 6.68. The zero-order chi connectivity index (χ0) is 16.7. The van der Waals surface area contributed by atoms with E-state index in [1.54, 1.807) is 11.3 Å². The molecule has 0 bridgehead atoms. The van der Waals surface area contributed by atoms with Crippen LogP contribution in [0.4, 0.5) is 5.00 Å². The first kappa shape index (κ1) is 16.3. The quantitative estimate of drug-likeness (QED) is 0.812. The van der Waals surface area contributed by atoms with Gasteiger partial charge < -0.3 is 4.90 Å². The molecule has 0 N–H and O–H groups in total. The topological polar surface area (TPSA) is 56.1 Å². The van der Waals surface area contributed by atoms with Gasteiger partial charge in [-0.1, -0.05) is 11.6 Å². The number of rotatable bonds is 4. The lowest BCUT2D eigenvalue weighted by molar-refractivity contribution is 0.239. The van der Waals surface area contributed by atoms with E-state index < -0.39 is 0 Å².